The molecule has 0 fully saturated rings. The molecule has 0 aliphatic rings. The number of pyridine rings is 1. The number of aryl methyl sites for hydroxylation is 2. The Hall–Kier alpha value is -2.83. The van der Waals surface area contributed by atoms with Crippen LogP contribution in [0.3, 0.4) is 0 Å². The fraction of sp³-hybridized carbons (Fsp3) is 0.455. The van der Waals surface area contributed by atoms with Crippen molar-refractivity contribution in [2.75, 3.05) is 19.6 Å². The second-order valence-electron chi connectivity index (χ2n) is 7.20. The number of thiocarbonyl (C=S) groups is 1. The molecule has 0 saturated carbocycles. The molecule has 0 aliphatic carbocycles. The van der Waals surface area contributed by atoms with Gasteiger partial charge in [-0.1, -0.05) is 6.07 Å². The number of nitrogens with two attached hydrogens (primary N) is 1. The summed E-state index contributed by atoms with van der Waals surface area (Å²) in [6.45, 7) is 1.91. The average Bonchev–Trinajstić information content (AvgIpc) is 2.73. The lowest BCUT2D eigenvalue weighted by molar-refractivity contribution is -0.121. The number of amides is 1. The number of hydrogen-bond donors (Lipinski definition) is 4. The number of aliphatic imine (C=N–C) groups is 1. The van der Waals surface area contributed by atoms with E-state index in [1.807, 2.05) is 6.20 Å². The molecule has 1 aromatic heterocycles. The van der Waals surface area contributed by atoms with E-state index in [9.17, 15) is 4.79 Å². The predicted molar refractivity (Wildman–Crippen MR) is 125 cm³/mol. The van der Waals surface area contributed by atoms with Gasteiger partial charge in [-0.25, -0.2) is 4.99 Å². The van der Waals surface area contributed by atoms with Gasteiger partial charge in [-0.15, -0.1) is 0 Å². The molecule has 0 saturated heterocycles. The van der Waals surface area contributed by atoms with Gasteiger partial charge in [-0.2, -0.15) is 0 Å². The molecule has 2 rings (SSSR count). The zero-order valence-corrected chi connectivity index (χ0v) is 18.1. The van der Waals surface area contributed by atoms with Gasteiger partial charge in [0.25, 0.3) is 0 Å². The second-order valence-corrected chi connectivity index (χ2v) is 7.38. The molecule has 0 atom stereocenters. The molecule has 30 heavy (non-hydrogen) atoms. The number of benzene rings is 1. The lowest BCUT2D eigenvalue weighted by Crippen LogP contribution is -2.33. The van der Waals surface area contributed by atoms with Gasteiger partial charge in [0, 0.05) is 37.6 Å². The second kappa shape index (κ2) is 13.4. The number of carbonyl (C=O) groups is 1. The summed E-state index contributed by atoms with van der Waals surface area (Å²) in [4.78, 5) is 20.4. The van der Waals surface area contributed by atoms with E-state index in [1.165, 1.54) is 5.56 Å². The fourth-order valence-electron chi connectivity index (χ4n) is 3.17. The number of isothiocyanates is 1. The number of hydrogen-bond acceptors (Lipinski definition) is 5. The summed E-state index contributed by atoms with van der Waals surface area (Å²) >= 11 is 4.58. The Morgan fingerprint density at radius 2 is 1.87 bits per heavy atom. The maximum Gasteiger partial charge on any atom is 0.220 e. The standard InChI is InChI=1S/C22H30N6OS/c23-22(24)27-12-4-11-26-21(29)7-3-6-18-14-19-13-17(5-1-2-10-25-16-30)8-9-20(19)28-15-18/h8-9,13-15H,1-7,10-12H2,(H,26,29)(H4,23,24,27). The maximum absolute atomic E-state index is 11.9. The largest absolute Gasteiger partial charge is 0.370 e. The van der Waals surface area contributed by atoms with Crippen molar-refractivity contribution < 1.29 is 4.79 Å². The van der Waals surface area contributed by atoms with E-state index in [-0.39, 0.29) is 11.9 Å². The van der Waals surface area contributed by atoms with Crippen LogP contribution in [0.1, 0.15) is 43.2 Å². The minimum atomic E-state index is -0.0470. The first-order valence-electron chi connectivity index (χ1n) is 10.3. The van der Waals surface area contributed by atoms with Crippen LogP contribution in [0.25, 0.3) is 10.9 Å². The molecule has 0 unspecified atom stereocenters. The number of aromatic nitrogens is 1. The zero-order valence-electron chi connectivity index (χ0n) is 17.2. The Morgan fingerprint density at radius 3 is 2.67 bits per heavy atom. The summed E-state index contributed by atoms with van der Waals surface area (Å²) in [6.07, 6.45) is 7.82. The summed E-state index contributed by atoms with van der Waals surface area (Å²) in [7, 11) is 0. The third-order valence-corrected chi connectivity index (χ3v) is 4.84. The fourth-order valence-corrected chi connectivity index (χ4v) is 3.26. The quantitative estimate of drug-likeness (QED) is 0.170. The molecule has 1 amide bonds. The van der Waals surface area contributed by atoms with E-state index in [0.29, 0.717) is 19.5 Å². The zero-order chi connectivity index (χ0) is 21.6. The molecular weight excluding hydrogens is 396 g/mol. The van der Waals surface area contributed by atoms with Crippen LogP contribution < -0.4 is 16.4 Å². The van der Waals surface area contributed by atoms with Gasteiger partial charge in [0.15, 0.2) is 5.96 Å². The third-order valence-electron chi connectivity index (χ3n) is 4.71. The van der Waals surface area contributed by atoms with Crippen LogP contribution in [0.2, 0.25) is 0 Å². The Balaban J connectivity index is 1.75. The van der Waals surface area contributed by atoms with Gasteiger partial charge in [-0.3, -0.25) is 15.2 Å². The Bertz CT molecular complexity index is 894. The molecule has 5 N–H and O–H groups in total. The number of rotatable bonds is 13. The van der Waals surface area contributed by atoms with Crippen LogP contribution in [0, 0.1) is 5.41 Å². The van der Waals surface area contributed by atoms with Crippen molar-refractivity contribution in [2.45, 2.75) is 44.9 Å². The van der Waals surface area contributed by atoms with Crippen LogP contribution in [-0.2, 0) is 17.6 Å². The van der Waals surface area contributed by atoms with E-state index >= 15 is 0 Å². The summed E-state index contributed by atoms with van der Waals surface area (Å²) in [5, 5.41) is 16.2. The molecular formula is C22H30N6OS. The number of fused-ring (bicyclic) bond motifs is 1. The Morgan fingerprint density at radius 1 is 1.10 bits per heavy atom. The van der Waals surface area contributed by atoms with Gasteiger partial charge in [0.2, 0.25) is 5.91 Å². The highest BCUT2D eigenvalue weighted by Crippen LogP contribution is 2.18. The van der Waals surface area contributed by atoms with E-state index < -0.39 is 0 Å². The molecule has 0 bridgehead atoms. The lowest BCUT2D eigenvalue weighted by Gasteiger charge is -2.07. The molecule has 2 aromatic rings. The van der Waals surface area contributed by atoms with Crippen molar-refractivity contribution in [1.82, 2.24) is 15.6 Å². The highest BCUT2D eigenvalue weighted by atomic mass is 32.1. The van der Waals surface area contributed by atoms with Crippen molar-refractivity contribution >= 4 is 40.1 Å². The lowest BCUT2D eigenvalue weighted by atomic mass is 10.0. The Labute approximate surface area is 183 Å². The smallest absolute Gasteiger partial charge is 0.220 e. The van der Waals surface area contributed by atoms with Crippen molar-refractivity contribution in [3.63, 3.8) is 0 Å². The number of unbranched alkanes of at least 4 members (excludes halogenated alkanes) is 1. The minimum absolute atomic E-state index is 0.0470. The average molecular weight is 427 g/mol. The molecule has 0 spiro atoms. The number of nitrogens with zero attached hydrogens (tertiary/aromatic N) is 2. The first-order valence-corrected chi connectivity index (χ1v) is 10.7. The molecule has 0 aliphatic heterocycles. The van der Waals surface area contributed by atoms with Crippen LogP contribution >= 0.6 is 12.2 Å². The topological polar surface area (TPSA) is 116 Å². The summed E-state index contributed by atoms with van der Waals surface area (Å²) in [5.74, 6) is 0.000957. The molecule has 0 radical (unpaired) electrons. The number of carbonyl (C=O) groups excluding carboxylic acids is 1. The first-order chi connectivity index (χ1) is 14.6. The van der Waals surface area contributed by atoms with E-state index in [0.717, 1.165) is 61.5 Å². The highest BCUT2D eigenvalue weighted by Gasteiger charge is 2.04. The summed E-state index contributed by atoms with van der Waals surface area (Å²) in [5.41, 5.74) is 8.64. The molecule has 1 aromatic carbocycles. The SMILES string of the molecule is N=C(N)NCCCNC(=O)CCCc1cnc2ccc(CCCCN=C=S)cc2c1. The predicted octanol–water partition coefficient (Wildman–Crippen LogP) is 2.97. The van der Waals surface area contributed by atoms with E-state index in [1.54, 1.807) is 0 Å². The molecule has 8 heteroatoms. The highest BCUT2D eigenvalue weighted by molar-refractivity contribution is 7.78. The van der Waals surface area contributed by atoms with E-state index in [2.05, 4.69) is 62.3 Å². The normalized spacial score (nSPS) is 10.4. The summed E-state index contributed by atoms with van der Waals surface area (Å²) in [6, 6.07) is 8.58. The van der Waals surface area contributed by atoms with Gasteiger partial charge >= 0.3 is 0 Å². The Kier molecular flexibility index (Phi) is 10.5. The van der Waals surface area contributed by atoms with Crippen molar-refractivity contribution in [3.8, 4) is 0 Å². The van der Waals surface area contributed by atoms with Crippen LogP contribution in [0.5, 0.6) is 0 Å². The van der Waals surface area contributed by atoms with Crippen LogP contribution in [-0.4, -0.2) is 41.6 Å². The van der Waals surface area contributed by atoms with Crippen LogP contribution in [0.4, 0.5) is 0 Å². The summed E-state index contributed by atoms with van der Waals surface area (Å²) < 4.78 is 0. The minimum Gasteiger partial charge on any atom is -0.370 e. The van der Waals surface area contributed by atoms with Crippen molar-refractivity contribution in [3.05, 3.63) is 41.6 Å². The molecule has 160 valence electrons. The van der Waals surface area contributed by atoms with Crippen molar-refractivity contribution in [2.24, 2.45) is 10.7 Å². The van der Waals surface area contributed by atoms with Crippen molar-refractivity contribution in [1.29, 1.82) is 5.41 Å². The van der Waals surface area contributed by atoms with Gasteiger partial charge in [-0.05, 0) is 80.1 Å². The van der Waals surface area contributed by atoms with E-state index in [4.69, 9.17) is 11.1 Å². The molecule has 7 nitrogen and oxygen atoms in total. The number of nitrogens with one attached hydrogen (secondary N) is 3. The molecule has 1 heterocycles. The van der Waals surface area contributed by atoms with Gasteiger partial charge in [0.05, 0.1) is 10.7 Å². The number of guanidine groups is 1. The first kappa shape index (κ1) is 23.4. The monoisotopic (exact) mass is 426 g/mol. The van der Waals surface area contributed by atoms with Crippen LogP contribution in [0.15, 0.2) is 35.5 Å². The van der Waals surface area contributed by atoms with Gasteiger partial charge in [0.1, 0.15) is 0 Å². The van der Waals surface area contributed by atoms with Gasteiger partial charge < -0.3 is 16.4 Å². The third kappa shape index (κ3) is 9.11. The maximum atomic E-state index is 11.9.